The van der Waals surface area contributed by atoms with Crippen LogP contribution < -0.4 is 5.32 Å². The normalized spacial score (nSPS) is 11.1. The molecule has 1 rings (SSSR count). The Kier molecular flexibility index (Phi) is 6.23. The van der Waals surface area contributed by atoms with Crippen molar-refractivity contribution in [2.45, 2.75) is 33.7 Å². The van der Waals surface area contributed by atoms with E-state index in [2.05, 4.69) is 49.2 Å². The SMILES string of the molecule is CCCN(CCNC)Cc1cc(C)ccc1C. The van der Waals surface area contributed by atoms with E-state index in [0.29, 0.717) is 0 Å². The van der Waals surface area contributed by atoms with Gasteiger partial charge in [-0.15, -0.1) is 0 Å². The van der Waals surface area contributed by atoms with Crippen LogP contribution in [0.5, 0.6) is 0 Å². The van der Waals surface area contributed by atoms with E-state index in [1.165, 1.54) is 29.7 Å². The summed E-state index contributed by atoms with van der Waals surface area (Å²) in [5.74, 6) is 0. The minimum absolute atomic E-state index is 1.06. The Balaban J connectivity index is 2.67. The molecule has 0 bridgehead atoms. The van der Waals surface area contributed by atoms with Gasteiger partial charge in [0.25, 0.3) is 0 Å². The Labute approximate surface area is 106 Å². The van der Waals surface area contributed by atoms with Crippen molar-refractivity contribution in [2.75, 3.05) is 26.7 Å². The van der Waals surface area contributed by atoms with Crippen LogP contribution in [0.4, 0.5) is 0 Å². The molecule has 0 aromatic heterocycles. The first kappa shape index (κ1) is 14.2. The van der Waals surface area contributed by atoms with Crippen LogP contribution in [0.15, 0.2) is 18.2 Å². The number of likely N-dealkylation sites (N-methyl/N-ethyl adjacent to an activating group) is 1. The van der Waals surface area contributed by atoms with Crippen LogP contribution >= 0.6 is 0 Å². The zero-order valence-electron chi connectivity index (χ0n) is 11.7. The van der Waals surface area contributed by atoms with Crippen LogP contribution in [0.25, 0.3) is 0 Å². The summed E-state index contributed by atoms with van der Waals surface area (Å²) in [5.41, 5.74) is 4.23. The van der Waals surface area contributed by atoms with Crippen molar-refractivity contribution in [1.29, 1.82) is 0 Å². The molecule has 0 aliphatic carbocycles. The van der Waals surface area contributed by atoms with E-state index in [9.17, 15) is 0 Å². The third kappa shape index (κ3) is 4.88. The lowest BCUT2D eigenvalue weighted by Crippen LogP contribution is -2.31. The first-order valence-electron chi connectivity index (χ1n) is 6.60. The maximum absolute atomic E-state index is 3.23. The molecule has 1 aromatic rings. The predicted octanol–water partition coefficient (Wildman–Crippen LogP) is 2.73. The summed E-state index contributed by atoms with van der Waals surface area (Å²) in [7, 11) is 2.02. The number of hydrogen-bond donors (Lipinski definition) is 1. The molecular weight excluding hydrogens is 208 g/mol. The molecule has 2 heteroatoms. The monoisotopic (exact) mass is 234 g/mol. The molecule has 17 heavy (non-hydrogen) atoms. The van der Waals surface area contributed by atoms with E-state index in [1.807, 2.05) is 7.05 Å². The van der Waals surface area contributed by atoms with Crippen LogP contribution in [-0.2, 0) is 6.54 Å². The number of nitrogens with one attached hydrogen (secondary N) is 1. The average Bonchev–Trinajstić information content (AvgIpc) is 2.31. The molecule has 0 amide bonds. The van der Waals surface area contributed by atoms with Gasteiger partial charge in [-0.3, -0.25) is 4.90 Å². The number of hydrogen-bond acceptors (Lipinski definition) is 2. The fraction of sp³-hybridized carbons (Fsp3) is 0.600. The van der Waals surface area contributed by atoms with E-state index in [-0.39, 0.29) is 0 Å². The third-order valence-corrected chi connectivity index (χ3v) is 3.12. The highest BCUT2D eigenvalue weighted by molar-refractivity contribution is 5.30. The highest BCUT2D eigenvalue weighted by Crippen LogP contribution is 2.13. The minimum Gasteiger partial charge on any atom is -0.318 e. The molecule has 0 aliphatic heterocycles. The van der Waals surface area contributed by atoms with E-state index in [4.69, 9.17) is 0 Å². The van der Waals surface area contributed by atoms with E-state index >= 15 is 0 Å². The second kappa shape index (κ2) is 7.46. The van der Waals surface area contributed by atoms with Crippen LogP contribution in [0, 0.1) is 13.8 Å². The fourth-order valence-corrected chi connectivity index (χ4v) is 2.07. The van der Waals surface area contributed by atoms with E-state index in [1.54, 1.807) is 0 Å². The molecule has 1 aromatic carbocycles. The Morgan fingerprint density at radius 1 is 1.18 bits per heavy atom. The molecule has 0 heterocycles. The zero-order valence-corrected chi connectivity index (χ0v) is 11.7. The molecule has 0 radical (unpaired) electrons. The van der Waals surface area contributed by atoms with Crippen LogP contribution in [0.2, 0.25) is 0 Å². The summed E-state index contributed by atoms with van der Waals surface area (Å²) < 4.78 is 0. The quantitative estimate of drug-likeness (QED) is 0.780. The summed E-state index contributed by atoms with van der Waals surface area (Å²) in [5, 5.41) is 3.23. The number of aryl methyl sites for hydroxylation is 2. The number of benzene rings is 1. The lowest BCUT2D eigenvalue weighted by Gasteiger charge is -2.22. The van der Waals surface area contributed by atoms with Gasteiger partial charge in [-0.25, -0.2) is 0 Å². The van der Waals surface area contributed by atoms with Crippen LogP contribution in [0.3, 0.4) is 0 Å². The summed E-state index contributed by atoms with van der Waals surface area (Å²) in [6.45, 7) is 11.0. The van der Waals surface area contributed by atoms with Crippen molar-refractivity contribution < 1.29 is 0 Å². The Bertz CT molecular complexity index is 334. The smallest absolute Gasteiger partial charge is 0.0237 e. The highest BCUT2D eigenvalue weighted by Gasteiger charge is 2.06. The Morgan fingerprint density at radius 2 is 1.94 bits per heavy atom. The van der Waals surface area contributed by atoms with E-state index in [0.717, 1.165) is 19.6 Å². The van der Waals surface area contributed by atoms with Crippen LogP contribution in [-0.4, -0.2) is 31.6 Å². The van der Waals surface area contributed by atoms with Gasteiger partial charge in [-0.1, -0.05) is 30.7 Å². The van der Waals surface area contributed by atoms with Gasteiger partial charge in [0.15, 0.2) is 0 Å². The minimum atomic E-state index is 1.06. The molecule has 0 unspecified atom stereocenters. The fourth-order valence-electron chi connectivity index (χ4n) is 2.07. The van der Waals surface area contributed by atoms with Gasteiger partial charge < -0.3 is 5.32 Å². The second-order valence-electron chi connectivity index (χ2n) is 4.81. The third-order valence-electron chi connectivity index (χ3n) is 3.12. The molecule has 96 valence electrons. The van der Waals surface area contributed by atoms with Crippen molar-refractivity contribution in [3.63, 3.8) is 0 Å². The van der Waals surface area contributed by atoms with Gasteiger partial charge in [0.1, 0.15) is 0 Å². The van der Waals surface area contributed by atoms with Crippen molar-refractivity contribution in [3.8, 4) is 0 Å². The number of rotatable bonds is 7. The van der Waals surface area contributed by atoms with Gasteiger partial charge in [-0.2, -0.15) is 0 Å². The lowest BCUT2D eigenvalue weighted by molar-refractivity contribution is 0.267. The van der Waals surface area contributed by atoms with Gasteiger partial charge in [0, 0.05) is 19.6 Å². The first-order chi connectivity index (χ1) is 8.17. The second-order valence-corrected chi connectivity index (χ2v) is 4.81. The molecule has 0 saturated heterocycles. The van der Waals surface area contributed by atoms with Gasteiger partial charge in [-0.05, 0) is 45.0 Å². The van der Waals surface area contributed by atoms with Crippen molar-refractivity contribution in [1.82, 2.24) is 10.2 Å². The van der Waals surface area contributed by atoms with Crippen molar-refractivity contribution in [3.05, 3.63) is 34.9 Å². The largest absolute Gasteiger partial charge is 0.318 e. The predicted molar refractivity (Wildman–Crippen MR) is 75.4 cm³/mol. The average molecular weight is 234 g/mol. The topological polar surface area (TPSA) is 15.3 Å². The molecule has 0 saturated carbocycles. The molecule has 0 atom stereocenters. The Hall–Kier alpha value is -0.860. The molecular formula is C15H26N2. The maximum atomic E-state index is 3.23. The molecule has 1 N–H and O–H groups in total. The van der Waals surface area contributed by atoms with Crippen LogP contribution in [0.1, 0.15) is 30.0 Å². The van der Waals surface area contributed by atoms with Crippen molar-refractivity contribution >= 4 is 0 Å². The van der Waals surface area contributed by atoms with Gasteiger partial charge in [0.05, 0.1) is 0 Å². The lowest BCUT2D eigenvalue weighted by atomic mass is 10.1. The van der Waals surface area contributed by atoms with Crippen molar-refractivity contribution in [2.24, 2.45) is 0 Å². The number of nitrogens with zero attached hydrogens (tertiary/aromatic N) is 1. The molecule has 0 fully saturated rings. The van der Waals surface area contributed by atoms with E-state index < -0.39 is 0 Å². The van der Waals surface area contributed by atoms with Gasteiger partial charge >= 0.3 is 0 Å². The standard InChI is InChI=1S/C15H26N2/c1-5-9-17(10-8-16-4)12-15-11-13(2)6-7-14(15)3/h6-7,11,16H,5,8-10,12H2,1-4H3. The maximum Gasteiger partial charge on any atom is 0.0237 e. The summed E-state index contributed by atoms with van der Waals surface area (Å²) in [6, 6.07) is 6.74. The summed E-state index contributed by atoms with van der Waals surface area (Å²) in [4.78, 5) is 2.53. The first-order valence-corrected chi connectivity index (χ1v) is 6.60. The molecule has 2 nitrogen and oxygen atoms in total. The summed E-state index contributed by atoms with van der Waals surface area (Å²) >= 11 is 0. The molecule has 0 spiro atoms. The summed E-state index contributed by atoms with van der Waals surface area (Å²) in [6.07, 6.45) is 1.22. The highest BCUT2D eigenvalue weighted by atomic mass is 15.1. The Morgan fingerprint density at radius 3 is 2.59 bits per heavy atom. The molecule has 0 aliphatic rings. The van der Waals surface area contributed by atoms with Gasteiger partial charge in [0.2, 0.25) is 0 Å². The zero-order chi connectivity index (χ0) is 12.7.